The summed E-state index contributed by atoms with van der Waals surface area (Å²) >= 11 is 0. The molecule has 5 nitrogen and oxygen atoms in total. The van der Waals surface area contributed by atoms with Gasteiger partial charge in [0.15, 0.2) is 0 Å². The number of phenolic OH excluding ortho intramolecular Hbond substituents is 1. The maximum atomic E-state index is 12.1. The number of amides is 1. The molecule has 0 fully saturated rings. The van der Waals surface area contributed by atoms with Crippen molar-refractivity contribution in [2.75, 3.05) is 7.11 Å². The third kappa shape index (κ3) is 5.25. The van der Waals surface area contributed by atoms with Crippen LogP contribution in [-0.2, 0) is 11.3 Å². The van der Waals surface area contributed by atoms with Gasteiger partial charge in [0.05, 0.1) is 7.11 Å². The minimum Gasteiger partial charge on any atom is -0.508 e. The van der Waals surface area contributed by atoms with E-state index in [9.17, 15) is 15.2 Å². The molecule has 0 aliphatic heterocycles. The van der Waals surface area contributed by atoms with Crippen molar-refractivity contribution in [3.63, 3.8) is 0 Å². The molecule has 2 aromatic carbocycles. The first kappa shape index (κ1) is 18.8. The molecule has 2 N–H and O–H groups in total. The second kappa shape index (κ2) is 9.09. The minimum atomic E-state index is -0.434. The summed E-state index contributed by atoms with van der Waals surface area (Å²) in [6, 6.07) is 14.1. The maximum Gasteiger partial charge on any atom is 0.262 e. The summed E-state index contributed by atoms with van der Waals surface area (Å²) < 4.78 is 5.21. The van der Waals surface area contributed by atoms with Crippen LogP contribution in [0.2, 0.25) is 0 Å². The Hall–Kier alpha value is -3.52. The molecule has 1 amide bonds. The topological polar surface area (TPSA) is 82.3 Å². The van der Waals surface area contributed by atoms with Crippen molar-refractivity contribution in [1.82, 2.24) is 5.32 Å². The van der Waals surface area contributed by atoms with Crippen molar-refractivity contribution in [1.29, 1.82) is 5.26 Å². The second-order valence-corrected chi connectivity index (χ2v) is 5.63. The molecule has 5 heteroatoms. The zero-order chi connectivity index (χ0) is 18.9. The summed E-state index contributed by atoms with van der Waals surface area (Å²) in [7, 11) is 1.61. The van der Waals surface area contributed by atoms with Crippen LogP contribution in [0.4, 0.5) is 0 Å². The van der Waals surface area contributed by atoms with E-state index in [-0.39, 0.29) is 11.3 Å². The van der Waals surface area contributed by atoms with Crippen molar-refractivity contribution < 1.29 is 14.6 Å². The summed E-state index contributed by atoms with van der Waals surface area (Å²) in [5.41, 5.74) is 2.77. The summed E-state index contributed by atoms with van der Waals surface area (Å²) in [6.07, 6.45) is 4.83. The summed E-state index contributed by atoms with van der Waals surface area (Å²) in [6.45, 7) is 2.25. The van der Waals surface area contributed by atoms with Crippen LogP contribution in [0, 0.1) is 18.3 Å². The highest BCUT2D eigenvalue weighted by atomic mass is 16.5. The van der Waals surface area contributed by atoms with E-state index in [0.29, 0.717) is 6.54 Å². The fourth-order valence-corrected chi connectivity index (χ4v) is 2.33. The van der Waals surface area contributed by atoms with Gasteiger partial charge < -0.3 is 15.2 Å². The van der Waals surface area contributed by atoms with Gasteiger partial charge in [-0.25, -0.2) is 0 Å². The second-order valence-electron chi connectivity index (χ2n) is 5.63. The quantitative estimate of drug-likeness (QED) is 0.476. The normalized spacial score (nSPS) is 11.2. The number of carbonyl (C=O) groups is 1. The lowest BCUT2D eigenvalue weighted by Gasteiger charge is -2.08. The van der Waals surface area contributed by atoms with Gasteiger partial charge in [-0.15, -0.1) is 0 Å². The number of nitrogens with one attached hydrogen (secondary N) is 1. The lowest BCUT2D eigenvalue weighted by molar-refractivity contribution is -0.117. The van der Waals surface area contributed by atoms with E-state index in [1.165, 1.54) is 6.08 Å². The Morgan fingerprint density at radius 3 is 2.62 bits per heavy atom. The fraction of sp³-hybridized carbons (Fsp3) is 0.143. The van der Waals surface area contributed by atoms with Crippen molar-refractivity contribution in [3.8, 4) is 17.6 Å². The molecule has 0 saturated carbocycles. The van der Waals surface area contributed by atoms with Crippen LogP contribution < -0.4 is 10.1 Å². The molecule has 0 aromatic heterocycles. The van der Waals surface area contributed by atoms with E-state index >= 15 is 0 Å². The number of benzene rings is 2. The molecule has 0 bridgehead atoms. The van der Waals surface area contributed by atoms with E-state index in [2.05, 4.69) is 5.32 Å². The molecule has 0 heterocycles. The van der Waals surface area contributed by atoms with Gasteiger partial charge in [-0.1, -0.05) is 36.4 Å². The Morgan fingerprint density at radius 1 is 1.27 bits per heavy atom. The number of carbonyl (C=O) groups excluding carboxylic acids is 1. The number of rotatable bonds is 6. The van der Waals surface area contributed by atoms with Crippen LogP contribution in [-0.4, -0.2) is 18.1 Å². The molecular formula is C21H20N2O3. The smallest absolute Gasteiger partial charge is 0.262 e. The average Bonchev–Trinajstić information content (AvgIpc) is 2.65. The molecule has 0 spiro atoms. The Labute approximate surface area is 152 Å². The van der Waals surface area contributed by atoms with Gasteiger partial charge in [-0.3, -0.25) is 4.79 Å². The minimum absolute atomic E-state index is 0.0188. The van der Waals surface area contributed by atoms with Gasteiger partial charge in [0.2, 0.25) is 0 Å². The van der Waals surface area contributed by atoms with Crippen LogP contribution in [0.1, 0.15) is 16.7 Å². The van der Waals surface area contributed by atoms with Gasteiger partial charge in [-0.2, -0.15) is 5.26 Å². The third-order valence-electron chi connectivity index (χ3n) is 3.72. The third-order valence-corrected chi connectivity index (χ3v) is 3.72. The number of hydrogen-bond acceptors (Lipinski definition) is 4. The highest BCUT2D eigenvalue weighted by molar-refractivity contribution is 5.97. The number of allylic oxidation sites excluding steroid dienone is 2. The van der Waals surface area contributed by atoms with E-state index < -0.39 is 5.91 Å². The van der Waals surface area contributed by atoms with Gasteiger partial charge in [0.25, 0.3) is 5.91 Å². The first-order valence-corrected chi connectivity index (χ1v) is 8.02. The van der Waals surface area contributed by atoms with Gasteiger partial charge in [-0.05, 0) is 47.9 Å². The first-order valence-electron chi connectivity index (χ1n) is 8.02. The fourth-order valence-electron chi connectivity index (χ4n) is 2.33. The van der Waals surface area contributed by atoms with Gasteiger partial charge >= 0.3 is 0 Å². The zero-order valence-corrected chi connectivity index (χ0v) is 14.7. The van der Waals surface area contributed by atoms with Crippen molar-refractivity contribution in [2.45, 2.75) is 13.5 Å². The summed E-state index contributed by atoms with van der Waals surface area (Å²) in [5.74, 6) is 0.539. The molecular weight excluding hydrogens is 328 g/mol. The van der Waals surface area contributed by atoms with E-state index in [1.54, 1.807) is 43.5 Å². The molecule has 0 saturated heterocycles. The molecule has 0 radical (unpaired) electrons. The standard InChI is InChI=1S/C21H20N2O3/c1-15-12-17(8-11-20(15)26-2)14-23-21(25)18(13-22)5-3-4-16-6-9-19(24)10-7-16/h3-12,24H,14H2,1-2H3,(H,23,25)/b4-3+,18-5+. The zero-order valence-electron chi connectivity index (χ0n) is 14.7. The predicted octanol–water partition coefficient (Wildman–Crippen LogP) is 3.49. The van der Waals surface area contributed by atoms with Gasteiger partial charge in [0, 0.05) is 6.54 Å². The molecule has 132 valence electrons. The SMILES string of the molecule is COc1ccc(CNC(=O)/C(C#N)=C/C=C/c2ccc(O)cc2)cc1C. The Balaban J connectivity index is 1.98. The first-order chi connectivity index (χ1) is 12.5. The summed E-state index contributed by atoms with van der Waals surface area (Å²) in [5, 5.41) is 21.2. The van der Waals surface area contributed by atoms with Crippen molar-refractivity contribution >= 4 is 12.0 Å². The average molecular weight is 348 g/mol. The largest absolute Gasteiger partial charge is 0.508 e. The summed E-state index contributed by atoms with van der Waals surface area (Å²) in [4.78, 5) is 12.1. The van der Waals surface area contributed by atoms with Crippen LogP contribution in [0.5, 0.6) is 11.5 Å². The molecule has 0 aliphatic carbocycles. The highest BCUT2D eigenvalue weighted by Gasteiger charge is 2.08. The monoisotopic (exact) mass is 348 g/mol. The lowest BCUT2D eigenvalue weighted by atomic mass is 10.1. The lowest BCUT2D eigenvalue weighted by Crippen LogP contribution is -2.24. The number of ether oxygens (including phenoxy) is 1. The number of hydrogen-bond donors (Lipinski definition) is 2. The maximum absolute atomic E-state index is 12.1. The predicted molar refractivity (Wildman–Crippen MR) is 100 cm³/mol. The number of aryl methyl sites for hydroxylation is 1. The number of phenols is 1. The molecule has 2 aromatic rings. The Bertz CT molecular complexity index is 875. The van der Waals surface area contributed by atoms with E-state index in [4.69, 9.17) is 4.74 Å². The highest BCUT2D eigenvalue weighted by Crippen LogP contribution is 2.18. The number of aromatic hydroxyl groups is 1. The van der Waals surface area contributed by atoms with Crippen molar-refractivity contribution in [2.24, 2.45) is 0 Å². The van der Waals surface area contributed by atoms with E-state index in [1.807, 2.05) is 31.2 Å². The van der Waals surface area contributed by atoms with Crippen LogP contribution in [0.25, 0.3) is 6.08 Å². The molecule has 26 heavy (non-hydrogen) atoms. The number of nitriles is 1. The molecule has 0 unspecified atom stereocenters. The number of nitrogens with zero attached hydrogens (tertiary/aromatic N) is 1. The Morgan fingerprint density at radius 2 is 2.00 bits per heavy atom. The Kier molecular flexibility index (Phi) is 6.58. The molecule has 0 atom stereocenters. The van der Waals surface area contributed by atoms with Crippen LogP contribution in [0.15, 0.2) is 60.2 Å². The van der Waals surface area contributed by atoms with E-state index in [0.717, 1.165) is 22.4 Å². The molecule has 0 aliphatic rings. The van der Waals surface area contributed by atoms with Crippen LogP contribution in [0.3, 0.4) is 0 Å². The van der Waals surface area contributed by atoms with Crippen LogP contribution >= 0.6 is 0 Å². The van der Waals surface area contributed by atoms with Crippen molar-refractivity contribution in [3.05, 3.63) is 76.9 Å². The number of methoxy groups -OCH3 is 1. The molecule has 2 rings (SSSR count). The van der Waals surface area contributed by atoms with Gasteiger partial charge in [0.1, 0.15) is 23.1 Å².